The molecule has 2 aromatic rings. The first kappa shape index (κ1) is 15.4. The first-order chi connectivity index (χ1) is 10.1. The molecule has 4 heteroatoms. The lowest BCUT2D eigenvalue weighted by Crippen LogP contribution is -2.39. The summed E-state index contributed by atoms with van der Waals surface area (Å²) in [4.78, 5) is 0. The minimum Gasteiger partial charge on any atom is -0.496 e. The summed E-state index contributed by atoms with van der Waals surface area (Å²) >= 11 is 0. The van der Waals surface area contributed by atoms with E-state index in [1.807, 2.05) is 12.1 Å². The van der Waals surface area contributed by atoms with Gasteiger partial charge in [-0.15, -0.1) is 0 Å². The first-order valence-corrected chi connectivity index (χ1v) is 6.73. The average molecular weight is 288 g/mol. The second-order valence-electron chi connectivity index (χ2n) is 4.84. The average Bonchev–Trinajstić information content (AvgIpc) is 2.53. The van der Waals surface area contributed by atoms with Crippen molar-refractivity contribution in [3.63, 3.8) is 0 Å². The van der Waals surface area contributed by atoms with Crippen LogP contribution in [0.15, 0.2) is 48.5 Å². The van der Waals surface area contributed by atoms with Crippen molar-refractivity contribution in [3.8, 4) is 11.5 Å². The fourth-order valence-electron chi connectivity index (χ4n) is 2.51. The molecule has 2 N–H and O–H groups in total. The van der Waals surface area contributed by atoms with Crippen LogP contribution < -0.4 is 9.47 Å². The van der Waals surface area contributed by atoms with Crippen molar-refractivity contribution in [2.75, 3.05) is 14.2 Å². The van der Waals surface area contributed by atoms with Gasteiger partial charge in [-0.05, 0) is 19.1 Å². The fraction of sp³-hybridized carbons (Fsp3) is 0.294. The summed E-state index contributed by atoms with van der Waals surface area (Å²) in [5.74, 6) is 1.01. The molecule has 1 atom stereocenters. The van der Waals surface area contributed by atoms with E-state index in [9.17, 15) is 10.2 Å². The minimum atomic E-state index is -1.63. The van der Waals surface area contributed by atoms with Crippen molar-refractivity contribution in [3.05, 3.63) is 59.7 Å². The van der Waals surface area contributed by atoms with E-state index in [0.717, 1.165) is 0 Å². The number of hydrogen-bond donors (Lipinski definition) is 2. The molecule has 0 fully saturated rings. The van der Waals surface area contributed by atoms with Crippen LogP contribution in [0, 0.1) is 0 Å². The van der Waals surface area contributed by atoms with Gasteiger partial charge in [0.15, 0.2) is 0 Å². The first-order valence-electron chi connectivity index (χ1n) is 6.73. The molecule has 0 radical (unpaired) electrons. The van der Waals surface area contributed by atoms with Crippen LogP contribution in [-0.4, -0.2) is 30.5 Å². The van der Waals surface area contributed by atoms with Gasteiger partial charge in [-0.3, -0.25) is 0 Å². The quantitative estimate of drug-likeness (QED) is 0.886. The van der Waals surface area contributed by atoms with Gasteiger partial charge >= 0.3 is 0 Å². The van der Waals surface area contributed by atoms with E-state index < -0.39 is 11.7 Å². The lowest BCUT2D eigenvalue weighted by atomic mass is 9.81. The van der Waals surface area contributed by atoms with Crippen LogP contribution >= 0.6 is 0 Å². The standard InChI is InChI=1S/C17H20O4/c1-12(18)17(19,13-8-4-6-10-15(13)20-2)14-9-5-7-11-16(14)21-3/h4-12,18-19H,1-3H3/t12-/m1/s1. The second-order valence-corrected chi connectivity index (χ2v) is 4.84. The Morgan fingerprint density at radius 3 is 1.57 bits per heavy atom. The van der Waals surface area contributed by atoms with Crippen molar-refractivity contribution in [2.45, 2.75) is 18.6 Å². The van der Waals surface area contributed by atoms with E-state index in [0.29, 0.717) is 22.6 Å². The van der Waals surface area contributed by atoms with Crippen molar-refractivity contribution >= 4 is 0 Å². The third kappa shape index (κ3) is 2.60. The molecule has 0 unspecified atom stereocenters. The highest BCUT2D eigenvalue weighted by atomic mass is 16.5. The molecule has 0 aliphatic carbocycles. The SMILES string of the molecule is COc1ccccc1C(O)(c1ccccc1OC)[C@@H](C)O. The number of rotatable bonds is 5. The minimum absolute atomic E-state index is 0.493. The Bertz CT molecular complexity index is 560. The molecule has 4 nitrogen and oxygen atoms in total. The number of aliphatic hydroxyl groups is 2. The van der Waals surface area contributed by atoms with Crippen LogP contribution in [0.25, 0.3) is 0 Å². The molecule has 0 heterocycles. The number of para-hydroxylation sites is 2. The highest BCUT2D eigenvalue weighted by Gasteiger charge is 2.41. The van der Waals surface area contributed by atoms with Crippen molar-refractivity contribution in [1.29, 1.82) is 0 Å². The second kappa shape index (κ2) is 6.16. The number of benzene rings is 2. The summed E-state index contributed by atoms with van der Waals surface area (Å²) in [6, 6.07) is 14.2. The summed E-state index contributed by atoms with van der Waals surface area (Å²) in [5, 5.41) is 21.5. The van der Waals surface area contributed by atoms with E-state index in [4.69, 9.17) is 9.47 Å². The van der Waals surface area contributed by atoms with Gasteiger partial charge in [-0.25, -0.2) is 0 Å². The summed E-state index contributed by atoms with van der Waals surface area (Å²) in [7, 11) is 3.06. The lowest BCUT2D eigenvalue weighted by Gasteiger charge is -2.34. The normalized spacial score (nSPS) is 12.8. The summed E-state index contributed by atoms with van der Waals surface area (Å²) in [6.07, 6.45) is -1.05. The molecular formula is C17H20O4. The third-order valence-corrected chi connectivity index (χ3v) is 3.64. The van der Waals surface area contributed by atoms with Gasteiger partial charge in [0, 0.05) is 11.1 Å². The molecule has 21 heavy (non-hydrogen) atoms. The topological polar surface area (TPSA) is 58.9 Å². The Morgan fingerprint density at radius 2 is 1.24 bits per heavy atom. The molecule has 112 valence electrons. The molecule has 0 amide bonds. The zero-order chi connectivity index (χ0) is 15.5. The largest absolute Gasteiger partial charge is 0.496 e. The van der Waals surface area contributed by atoms with Gasteiger partial charge in [0.25, 0.3) is 0 Å². The van der Waals surface area contributed by atoms with Crippen molar-refractivity contribution in [2.24, 2.45) is 0 Å². The fourth-order valence-corrected chi connectivity index (χ4v) is 2.51. The molecule has 0 saturated carbocycles. The maximum atomic E-state index is 11.2. The molecule has 0 aromatic heterocycles. The Kier molecular flexibility index (Phi) is 4.50. The van der Waals surface area contributed by atoms with Crippen LogP contribution in [-0.2, 0) is 5.60 Å². The van der Waals surface area contributed by atoms with E-state index >= 15 is 0 Å². The molecule has 0 aliphatic heterocycles. The van der Waals surface area contributed by atoms with Gasteiger partial charge in [-0.1, -0.05) is 36.4 Å². The highest BCUT2D eigenvalue weighted by Crippen LogP contribution is 2.41. The van der Waals surface area contributed by atoms with Crippen molar-refractivity contribution < 1.29 is 19.7 Å². The maximum Gasteiger partial charge on any atom is 0.147 e. The lowest BCUT2D eigenvalue weighted by molar-refractivity contribution is -0.0420. The Morgan fingerprint density at radius 1 is 0.857 bits per heavy atom. The smallest absolute Gasteiger partial charge is 0.147 e. The van der Waals surface area contributed by atoms with Crippen molar-refractivity contribution in [1.82, 2.24) is 0 Å². The number of aliphatic hydroxyl groups excluding tert-OH is 1. The van der Waals surface area contributed by atoms with Crippen LogP contribution in [0.4, 0.5) is 0 Å². The Labute approximate surface area is 124 Å². The molecule has 0 bridgehead atoms. The molecule has 2 rings (SSSR count). The Balaban J connectivity index is 2.71. The van der Waals surface area contributed by atoms with E-state index in [1.54, 1.807) is 43.3 Å². The van der Waals surface area contributed by atoms with Crippen LogP contribution in [0.5, 0.6) is 11.5 Å². The van der Waals surface area contributed by atoms with Gasteiger partial charge < -0.3 is 19.7 Å². The van der Waals surface area contributed by atoms with E-state index in [2.05, 4.69) is 0 Å². The summed E-state index contributed by atoms with van der Waals surface area (Å²) in [5.41, 5.74) is -0.641. The maximum absolute atomic E-state index is 11.2. The predicted molar refractivity (Wildman–Crippen MR) is 80.7 cm³/mol. The van der Waals surface area contributed by atoms with Crippen LogP contribution in [0.1, 0.15) is 18.1 Å². The number of methoxy groups -OCH3 is 2. The zero-order valence-corrected chi connectivity index (χ0v) is 12.4. The third-order valence-electron chi connectivity index (χ3n) is 3.64. The molecule has 2 aromatic carbocycles. The van der Waals surface area contributed by atoms with Gasteiger partial charge in [0.1, 0.15) is 17.1 Å². The van der Waals surface area contributed by atoms with Gasteiger partial charge in [0.2, 0.25) is 0 Å². The van der Waals surface area contributed by atoms with Crippen LogP contribution in [0.2, 0.25) is 0 Å². The van der Waals surface area contributed by atoms with Gasteiger partial charge in [0.05, 0.1) is 20.3 Å². The molecule has 0 spiro atoms. The predicted octanol–water partition coefficient (Wildman–Crippen LogP) is 2.32. The Hall–Kier alpha value is -2.04. The summed E-state index contributed by atoms with van der Waals surface area (Å²) in [6.45, 7) is 1.54. The highest BCUT2D eigenvalue weighted by molar-refractivity contribution is 5.50. The van der Waals surface area contributed by atoms with Gasteiger partial charge in [-0.2, -0.15) is 0 Å². The zero-order valence-electron chi connectivity index (χ0n) is 12.4. The van der Waals surface area contributed by atoms with E-state index in [-0.39, 0.29) is 0 Å². The summed E-state index contributed by atoms with van der Waals surface area (Å²) < 4.78 is 10.6. The number of hydrogen-bond acceptors (Lipinski definition) is 4. The monoisotopic (exact) mass is 288 g/mol. The molecule has 0 saturated heterocycles. The number of ether oxygens (including phenoxy) is 2. The van der Waals surface area contributed by atoms with Crippen LogP contribution in [0.3, 0.4) is 0 Å². The van der Waals surface area contributed by atoms with E-state index in [1.165, 1.54) is 14.2 Å². The molecular weight excluding hydrogens is 268 g/mol. The molecule has 0 aliphatic rings.